The van der Waals surface area contributed by atoms with Crippen molar-refractivity contribution < 1.29 is 10.2 Å². The fourth-order valence-corrected chi connectivity index (χ4v) is 2.74. The lowest BCUT2D eigenvalue weighted by atomic mass is 10.00. The number of phenolic OH excluding ortho intramolecular Hbond substituents is 1. The van der Waals surface area contributed by atoms with Crippen molar-refractivity contribution in [3.8, 4) is 5.75 Å². The number of phenols is 1. The van der Waals surface area contributed by atoms with Crippen LogP contribution in [0.15, 0.2) is 18.2 Å². The van der Waals surface area contributed by atoms with Gasteiger partial charge in [-0.15, -0.1) is 0 Å². The van der Waals surface area contributed by atoms with E-state index in [1.54, 1.807) is 6.07 Å². The molecule has 1 aromatic carbocycles. The summed E-state index contributed by atoms with van der Waals surface area (Å²) in [6.45, 7) is 4.19. The zero-order valence-electron chi connectivity index (χ0n) is 13.8. The van der Waals surface area contributed by atoms with Crippen LogP contribution in [0.3, 0.4) is 0 Å². The van der Waals surface area contributed by atoms with E-state index in [0.29, 0.717) is 5.56 Å². The molecule has 1 aromatic rings. The van der Waals surface area contributed by atoms with Crippen LogP contribution >= 0.6 is 0 Å². The summed E-state index contributed by atoms with van der Waals surface area (Å²) in [5.41, 5.74) is 1.69. The molecule has 0 saturated carbocycles. The predicted molar refractivity (Wildman–Crippen MR) is 89.6 cm³/mol. The third kappa shape index (κ3) is 7.52. The molecule has 0 amide bonds. The van der Waals surface area contributed by atoms with Gasteiger partial charge in [0.05, 0.1) is 6.10 Å². The molecule has 120 valence electrons. The average Bonchev–Trinajstić information content (AvgIpc) is 2.45. The summed E-state index contributed by atoms with van der Waals surface area (Å²) in [5, 5.41) is 20.0. The van der Waals surface area contributed by atoms with E-state index in [-0.39, 0.29) is 5.75 Å². The van der Waals surface area contributed by atoms with Crippen molar-refractivity contribution in [3.05, 3.63) is 29.3 Å². The van der Waals surface area contributed by atoms with Crippen molar-refractivity contribution in [2.75, 3.05) is 0 Å². The normalized spacial score (nSPS) is 12.5. The number of hydrogen-bond donors (Lipinski definition) is 2. The van der Waals surface area contributed by atoms with Gasteiger partial charge >= 0.3 is 0 Å². The highest BCUT2D eigenvalue weighted by Crippen LogP contribution is 2.28. The highest BCUT2D eigenvalue weighted by atomic mass is 16.3. The number of benzene rings is 1. The van der Waals surface area contributed by atoms with Gasteiger partial charge in [-0.3, -0.25) is 0 Å². The number of aliphatic hydroxyl groups excluding tert-OH is 1. The Balaban J connectivity index is 2.09. The summed E-state index contributed by atoms with van der Waals surface area (Å²) in [6, 6.07) is 5.49. The van der Waals surface area contributed by atoms with Gasteiger partial charge in [-0.25, -0.2) is 0 Å². The fourth-order valence-electron chi connectivity index (χ4n) is 2.74. The molecule has 0 bridgehead atoms. The average molecular weight is 292 g/mol. The van der Waals surface area contributed by atoms with Gasteiger partial charge < -0.3 is 10.2 Å². The second kappa shape index (κ2) is 10.7. The molecule has 2 nitrogen and oxygen atoms in total. The minimum absolute atomic E-state index is 0.221. The molecule has 0 aliphatic carbocycles. The number of aryl methyl sites for hydroxylation is 1. The SMILES string of the molecule is CCCCCCCCCCC[C@@H](O)c1ccc(C)cc1O. The van der Waals surface area contributed by atoms with E-state index in [9.17, 15) is 10.2 Å². The zero-order valence-corrected chi connectivity index (χ0v) is 13.8. The van der Waals surface area contributed by atoms with E-state index >= 15 is 0 Å². The van der Waals surface area contributed by atoms with E-state index in [2.05, 4.69) is 6.92 Å². The van der Waals surface area contributed by atoms with Crippen molar-refractivity contribution >= 4 is 0 Å². The second-order valence-corrected chi connectivity index (χ2v) is 6.20. The third-order valence-corrected chi connectivity index (χ3v) is 4.13. The van der Waals surface area contributed by atoms with Crippen molar-refractivity contribution in [2.24, 2.45) is 0 Å². The molecule has 0 unspecified atom stereocenters. The van der Waals surface area contributed by atoms with Crippen molar-refractivity contribution in [2.45, 2.75) is 84.2 Å². The molecule has 21 heavy (non-hydrogen) atoms. The summed E-state index contributed by atoms with van der Waals surface area (Å²) in [4.78, 5) is 0. The van der Waals surface area contributed by atoms with Crippen molar-refractivity contribution in [1.29, 1.82) is 0 Å². The molecule has 1 rings (SSSR count). The predicted octanol–water partition coefficient (Wildman–Crippen LogP) is 5.65. The van der Waals surface area contributed by atoms with E-state index in [1.165, 1.54) is 51.4 Å². The van der Waals surface area contributed by atoms with Crippen LogP contribution in [0, 0.1) is 6.92 Å². The lowest BCUT2D eigenvalue weighted by Gasteiger charge is -2.13. The number of hydrogen-bond acceptors (Lipinski definition) is 2. The molecule has 0 radical (unpaired) electrons. The van der Waals surface area contributed by atoms with Crippen LogP contribution in [0.4, 0.5) is 0 Å². The van der Waals surface area contributed by atoms with Gasteiger partial charge in [0.15, 0.2) is 0 Å². The monoisotopic (exact) mass is 292 g/mol. The summed E-state index contributed by atoms with van der Waals surface area (Å²) in [5.74, 6) is 0.221. The first-order valence-electron chi connectivity index (χ1n) is 8.62. The first-order valence-corrected chi connectivity index (χ1v) is 8.62. The smallest absolute Gasteiger partial charge is 0.121 e. The van der Waals surface area contributed by atoms with Crippen LogP contribution in [-0.4, -0.2) is 10.2 Å². The second-order valence-electron chi connectivity index (χ2n) is 6.20. The van der Waals surface area contributed by atoms with Gasteiger partial charge in [-0.1, -0.05) is 76.8 Å². The minimum Gasteiger partial charge on any atom is -0.508 e. The molecule has 0 heterocycles. The molecule has 0 aliphatic heterocycles. The maximum atomic E-state index is 10.1. The Morgan fingerprint density at radius 2 is 1.48 bits per heavy atom. The van der Waals surface area contributed by atoms with Crippen LogP contribution in [0.25, 0.3) is 0 Å². The number of aliphatic hydroxyl groups is 1. The highest BCUT2D eigenvalue weighted by molar-refractivity contribution is 5.37. The Bertz CT molecular complexity index is 387. The Morgan fingerprint density at radius 1 is 0.905 bits per heavy atom. The van der Waals surface area contributed by atoms with E-state index in [4.69, 9.17) is 0 Å². The quantitative estimate of drug-likeness (QED) is 0.517. The number of rotatable bonds is 11. The van der Waals surface area contributed by atoms with Gasteiger partial charge in [-0.05, 0) is 25.0 Å². The molecule has 0 saturated heterocycles. The van der Waals surface area contributed by atoms with Crippen molar-refractivity contribution in [3.63, 3.8) is 0 Å². The number of aromatic hydroxyl groups is 1. The molecule has 0 aliphatic rings. The van der Waals surface area contributed by atoms with Crippen LogP contribution in [-0.2, 0) is 0 Å². The summed E-state index contributed by atoms with van der Waals surface area (Å²) in [6.07, 6.45) is 11.8. The van der Waals surface area contributed by atoms with Gasteiger partial charge in [0.1, 0.15) is 5.75 Å². The van der Waals surface area contributed by atoms with Gasteiger partial charge in [0.2, 0.25) is 0 Å². The van der Waals surface area contributed by atoms with E-state index in [0.717, 1.165) is 18.4 Å². The molecule has 2 heteroatoms. The largest absolute Gasteiger partial charge is 0.508 e. The fraction of sp³-hybridized carbons (Fsp3) is 0.684. The van der Waals surface area contributed by atoms with Crippen LogP contribution in [0.2, 0.25) is 0 Å². The first-order chi connectivity index (χ1) is 10.1. The molecule has 0 spiro atoms. The van der Waals surface area contributed by atoms with E-state index in [1.807, 2.05) is 19.1 Å². The topological polar surface area (TPSA) is 40.5 Å². The molecular weight excluding hydrogens is 260 g/mol. The third-order valence-electron chi connectivity index (χ3n) is 4.13. The standard InChI is InChI=1S/C19H32O2/c1-3-4-5-6-7-8-9-10-11-12-18(20)17-14-13-16(2)15-19(17)21/h13-15,18,20-21H,3-12H2,1-2H3/t18-/m1/s1. The van der Waals surface area contributed by atoms with Gasteiger partial charge in [0.25, 0.3) is 0 Å². The van der Waals surface area contributed by atoms with Gasteiger partial charge in [0, 0.05) is 5.56 Å². The lowest BCUT2D eigenvalue weighted by molar-refractivity contribution is 0.159. The lowest BCUT2D eigenvalue weighted by Crippen LogP contribution is -1.98. The summed E-state index contributed by atoms with van der Waals surface area (Å²) in [7, 11) is 0. The van der Waals surface area contributed by atoms with Crippen LogP contribution in [0.1, 0.15) is 88.4 Å². The Labute approximate surface area is 130 Å². The molecule has 0 aromatic heterocycles. The molecule has 1 atom stereocenters. The maximum absolute atomic E-state index is 10.1. The van der Waals surface area contributed by atoms with Crippen LogP contribution in [0.5, 0.6) is 5.75 Å². The molecular formula is C19H32O2. The Kier molecular flexibility index (Phi) is 9.16. The maximum Gasteiger partial charge on any atom is 0.121 e. The Hall–Kier alpha value is -1.02. The highest BCUT2D eigenvalue weighted by Gasteiger charge is 2.11. The molecule has 2 N–H and O–H groups in total. The first kappa shape index (κ1) is 18.0. The number of unbranched alkanes of at least 4 members (excludes halogenated alkanes) is 8. The Morgan fingerprint density at radius 3 is 2.05 bits per heavy atom. The summed E-state index contributed by atoms with van der Waals surface area (Å²) < 4.78 is 0. The van der Waals surface area contributed by atoms with Gasteiger partial charge in [-0.2, -0.15) is 0 Å². The minimum atomic E-state index is -0.532. The zero-order chi connectivity index (χ0) is 15.5. The van der Waals surface area contributed by atoms with E-state index < -0.39 is 6.10 Å². The summed E-state index contributed by atoms with van der Waals surface area (Å²) >= 11 is 0. The van der Waals surface area contributed by atoms with Crippen LogP contribution < -0.4 is 0 Å². The molecule has 0 fully saturated rings. The van der Waals surface area contributed by atoms with Crippen molar-refractivity contribution in [1.82, 2.24) is 0 Å².